The molecule has 0 unspecified atom stereocenters. The molecule has 0 aliphatic rings. The van der Waals surface area contributed by atoms with E-state index in [1.54, 1.807) is 37.2 Å². The number of ether oxygens (including phenoxy) is 6. The van der Waals surface area contributed by atoms with E-state index in [0.29, 0.717) is 33.4 Å². The van der Waals surface area contributed by atoms with Gasteiger partial charge in [0, 0.05) is 141 Å². The Kier molecular flexibility index (Phi) is 27.4. The molecule has 0 aliphatic carbocycles. The maximum Gasteiger partial charge on any atom is 0.250 e. The second-order valence-electron chi connectivity index (χ2n) is 32.5. The van der Waals surface area contributed by atoms with Crippen molar-refractivity contribution < 1.29 is 54.8 Å². The second-order valence-corrected chi connectivity index (χ2v) is 32.5. The van der Waals surface area contributed by atoms with E-state index >= 15 is 0 Å². The first-order valence-electron chi connectivity index (χ1n) is 40.7. The third-order valence-corrected chi connectivity index (χ3v) is 18.5. The molecule has 18 aromatic rings. The predicted molar refractivity (Wildman–Crippen MR) is 469 cm³/mol. The highest BCUT2D eigenvalue weighted by molar-refractivity contribution is 5.69. The zero-order chi connectivity index (χ0) is 91.7. The van der Waals surface area contributed by atoms with E-state index in [4.69, 9.17) is 28.4 Å². The zero-order valence-corrected chi connectivity index (χ0v) is 74.1. The van der Waals surface area contributed by atoms with Crippen molar-refractivity contribution in [2.45, 2.75) is 174 Å². The van der Waals surface area contributed by atoms with Gasteiger partial charge in [0.1, 0.15) is 46.1 Å². The Morgan fingerprint density at radius 1 is 0.227 bits per heavy atom. The number of hydrogen-bond donors (Lipinski definition) is 0. The smallest absolute Gasteiger partial charge is 0.250 e. The fraction of sp³-hybridized carbons (Fsp3) is 0.283. The van der Waals surface area contributed by atoms with Gasteiger partial charge in [-0.05, 0) is 248 Å². The molecule has 18 rings (SSSR count). The highest BCUT2D eigenvalue weighted by Crippen LogP contribution is 2.33. The average molecular weight is 1750 g/mol. The van der Waals surface area contributed by atoms with Crippen LogP contribution in [0.1, 0.15) is 132 Å². The van der Waals surface area contributed by atoms with Crippen LogP contribution < -0.4 is 28.4 Å². The van der Waals surface area contributed by atoms with Gasteiger partial charge in [0.15, 0.2) is 68.8 Å². The summed E-state index contributed by atoms with van der Waals surface area (Å²) in [7, 11) is 0. The molecule has 18 heterocycles. The normalized spacial score (nSPS) is 11.5. The lowest BCUT2D eigenvalue weighted by molar-refractivity contribution is 0.117. The second kappa shape index (κ2) is 38.6. The van der Waals surface area contributed by atoms with Crippen molar-refractivity contribution in [3.63, 3.8) is 0 Å². The van der Waals surface area contributed by atoms with Crippen molar-refractivity contribution in [1.82, 2.24) is 117 Å². The Bertz CT molecular complexity index is 6310. The van der Waals surface area contributed by atoms with Crippen LogP contribution in [0, 0.1) is 76.4 Å². The molecule has 0 amide bonds. The van der Waals surface area contributed by atoms with E-state index in [2.05, 4.69) is 91.1 Å². The monoisotopic (exact) mass is 1740 g/mol. The van der Waals surface area contributed by atoms with E-state index in [1.807, 2.05) is 275 Å². The summed E-state index contributed by atoms with van der Waals surface area (Å²) in [5.74, 6) is 1.94. The highest BCUT2D eigenvalue weighted by Gasteiger charge is 2.22. The van der Waals surface area contributed by atoms with Crippen LogP contribution in [0.15, 0.2) is 184 Å². The fourth-order valence-electron chi connectivity index (χ4n) is 12.5. The van der Waals surface area contributed by atoms with Crippen LogP contribution in [0.2, 0.25) is 0 Å². The molecule has 18 aromatic heterocycles. The molecule has 36 heteroatoms. The van der Waals surface area contributed by atoms with Crippen LogP contribution in [0.4, 0.5) is 26.3 Å². The third kappa shape index (κ3) is 22.4. The third-order valence-electron chi connectivity index (χ3n) is 18.5. The first-order chi connectivity index (χ1) is 60.8. The van der Waals surface area contributed by atoms with E-state index in [9.17, 15) is 26.3 Å². The van der Waals surface area contributed by atoms with Crippen LogP contribution in [0.3, 0.4) is 0 Å². The summed E-state index contributed by atoms with van der Waals surface area (Å²) in [6.45, 7) is 36.9. The van der Waals surface area contributed by atoms with Gasteiger partial charge in [-0.1, -0.05) is 0 Å². The number of aromatic nitrogens is 24. The lowest BCUT2D eigenvalue weighted by Gasteiger charge is -2.20. The lowest BCUT2D eigenvalue weighted by Crippen LogP contribution is -2.24. The predicted octanol–water partition coefficient (Wildman–Crippen LogP) is 18.9. The minimum Gasteiger partial charge on any atom is -0.473 e. The van der Waals surface area contributed by atoms with Gasteiger partial charge < -0.3 is 28.4 Å². The molecule has 0 fully saturated rings. The zero-order valence-electron chi connectivity index (χ0n) is 74.1. The maximum absolute atomic E-state index is 14.2. The van der Waals surface area contributed by atoms with Crippen molar-refractivity contribution in [3.05, 3.63) is 253 Å². The van der Waals surface area contributed by atoms with Crippen molar-refractivity contribution in [1.29, 1.82) is 0 Å². The van der Waals surface area contributed by atoms with Gasteiger partial charge in [-0.2, -0.15) is 0 Å². The van der Waals surface area contributed by atoms with Crippen LogP contribution >= 0.6 is 0 Å². The molecular weight excluding hydrogens is 1650 g/mol. The molecule has 0 spiro atoms. The molecule has 0 aliphatic heterocycles. The van der Waals surface area contributed by atoms with Crippen molar-refractivity contribution >= 4 is 33.9 Å². The first-order valence-corrected chi connectivity index (χ1v) is 40.7. The fourth-order valence-corrected chi connectivity index (χ4v) is 12.5. The highest BCUT2D eigenvalue weighted by atomic mass is 19.1. The van der Waals surface area contributed by atoms with Crippen LogP contribution in [0.5, 0.6) is 35.3 Å². The SMILES string of the molecule is Cc1nnc2ccc(-c3cnc(OC(C)(C)C)c(F)c3)cn12.Cc1nnc2ccc(-c3cnc(OC(C)(C)C)c(F)c3)cn12.Cc1nnc2ccc(-c3cnc(OC(C)C)c(F)c3)cn12.Cc1nnc2ccc(-c3cnc(OC(C)C)c(F)c3)cn12.Cc1nnc2ccc(-c3cnc(OC(C)C)c(F)c3)cn12.Cc1nnc2ccc(-c3cnc(OC(C)C)c(F)c3)cn12. The minimum atomic E-state index is -0.492. The summed E-state index contributed by atoms with van der Waals surface area (Å²) in [5.41, 5.74) is 12.6. The van der Waals surface area contributed by atoms with E-state index in [0.717, 1.165) is 102 Å². The minimum absolute atomic E-state index is 0.0119. The van der Waals surface area contributed by atoms with Crippen LogP contribution in [-0.4, -0.2) is 153 Å². The Hall–Kier alpha value is -15.0. The van der Waals surface area contributed by atoms with Gasteiger partial charge in [-0.25, -0.2) is 56.2 Å². The molecule has 128 heavy (non-hydrogen) atoms. The van der Waals surface area contributed by atoms with E-state index in [-0.39, 0.29) is 59.7 Å². The Morgan fingerprint density at radius 3 is 0.523 bits per heavy atom. The van der Waals surface area contributed by atoms with Gasteiger partial charge in [0.25, 0.3) is 35.3 Å². The largest absolute Gasteiger partial charge is 0.473 e. The summed E-state index contributed by atoms with van der Waals surface area (Å²) in [6, 6.07) is 30.8. The Morgan fingerprint density at radius 2 is 0.383 bits per heavy atom. The molecule has 30 nitrogen and oxygen atoms in total. The summed E-state index contributed by atoms with van der Waals surface area (Å²) in [6.07, 6.45) is 20.3. The van der Waals surface area contributed by atoms with Crippen LogP contribution in [-0.2, 0) is 0 Å². The lowest BCUT2D eigenvalue weighted by atomic mass is 10.1. The summed E-state index contributed by atoms with van der Waals surface area (Å²) in [5, 5.41) is 48.1. The quantitative estimate of drug-likeness (QED) is 0.0811. The number of hydrogen-bond acceptors (Lipinski definition) is 24. The molecule has 0 aromatic carbocycles. The standard InChI is InChI=1S/2C16H17FN4O.4C15H15FN4O/c2*1-10-19-20-14-6-5-11(9-21(10)14)12-7-13(17)15(18-8-12)22-16(2,3)4;4*1-9(2)21-15-13(16)6-12(7-17-15)11-4-5-14-19-18-10(3)20(14)8-11/h2*5-9H,1-4H3;4*4-9H,1-3H3. The topological polar surface area (TPSA) is 314 Å². The van der Waals surface area contributed by atoms with Gasteiger partial charge in [-0.15, -0.1) is 61.2 Å². The van der Waals surface area contributed by atoms with Crippen molar-refractivity contribution in [3.8, 4) is 102 Å². The average Bonchev–Trinajstić information content (AvgIpc) is 1.60. The van der Waals surface area contributed by atoms with E-state index < -0.39 is 46.1 Å². The Labute approximate surface area is 732 Å². The molecule has 660 valence electrons. The van der Waals surface area contributed by atoms with Crippen LogP contribution in [0.25, 0.3) is 101 Å². The van der Waals surface area contributed by atoms with E-state index in [1.165, 1.54) is 36.4 Å². The molecule has 0 radical (unpaired) electrons. The molecule has 0 saturated carbocycles. The van der Waals surface area contributed by atoms with Gasteiger partial charge in [0.05, 0.1) is 24.4 Å². The first kappa shape index (κ1) is 90.7. The number of aryl methyl sites for hydroxylation is 6. The van der Waals surface area contributed by atoms with Crippen molar-refractivity contribution in [2.24, 2.45) is 0 Å². The summed E-state index contributed by atoms with van der Waals surface area (Å²) < 4.78 is 128. The number of pyridine rings is 12. The molecule has 0 N–H and O–H groups in total. The number of rotatable bonds is 16. The number of halogens is 6. The molecule has 0 bridgehead atoms. The summed E-state index contributed by atoms with van der Waals surface area (Å²) in [4.78, 5) is 24.4. The molecule has 0 saturated heterocycles. The molecular formula is C92H94F6N24O6. The molecule has 0 atom stereocenters. The number of nitrogens with zero attached hydrogens (tertiary/aromatic N) is 24. The Balaban J connectivity index is 0.000000131. The van der Waals surface area contributed by atoms with Gasteiger partial charge in [-0.3, -0.25) is 26.4 Å². The van der Waals surface area contributed by atoms with Gasteiger partial charge in [0.2, 0.25) is 0 Å². The maximum atomic E-state index is 14.2. The van der Waals surface area contributed by atoms with Crippen molar-refractivity contribution in [2.75, 3.05) is 0 Å². The summed E-state index contributed by atoms with van der Waals surface area (Å²) >= 11 is 0. The van der Waals surface area contributed by atoms with Gasteiger partial charge >= 0.3 is 0 Å². The number of fused-ring (bicyclic) bond motifs is 6.